The quantitative estimate of drug-likeness (QED) is 0.133. The Morgan fingerprint density at radius 3 is 1.83 bits per heavy atom. The summed E-state index contributed by atoms with van der Waals surface area (Å²) in [7, 11) is -3.13. The van der Waals surface area contributed by atoms with E-state index in [1.54, 1.807) is 0 Å². The summed E-state index contributed by atoms with van der Waals surface area (Å²) in [6, 6.07) is 64.6. The lowest BCUT2D eigenvalue weighted by Crippen LogP contribution is -2.20. The summed E-state index contributed by atoms with van der Waals surface area (Å²) >= 11 is 0. The van der Waals surface area contributed by atoms with Gasteiger partial charge in [-0.3, -0.25) is 0 Å². The van der Waals surface area contributed by atoms with Gasteiger partial charge in [0.05, 0.1) is 28.4 Å². The molecule has 272 valence electrons. The second-order valence-corrected chi connectivity index (χ2v) is 19.0. The maximum atomic E-state index is 15.6. The Balaban J connectivity index is 1.16. The van der Waals surface area contributed by atoms with Crippen LogP contribution < -0.4 is 15.9 Å². The Labute approximate surface area is 336 Å². The standard InChI is InChI=1S/C54H35N2OP/c1-54(2)46-28-33(32-55)24-26-36(46)37-27-25-34(29-47(37)54)52-40-18-6-8-20-42(40)53(43-21-9-7-19-41(43)52)56-48-22-12-10-16-38(48)44-31-51-45(30-49(44)56)39-17-11-13-23-50(39)58(51,57)35-14-4-3-5-15-35/h3-31H,1-2H3. The van der Waals surface area contributed by atoms with Crippen molar-refractivity contribution >= 4 is 66.4 Å². The predicted octanol–water partition coefficient (Wildman–Crippen LogP) is 12.6. The minimum atomic E-state index is -3.13. The highest BCUT2D eigenvalue weighted by Crippen LogP contribution is 2.55. The Hall–Kier alpha value is -6.98. The molecular formula is C54H35N2OP. The minimum Gasteiger partial charge on any atom is -0.309 e. The second kappa shape index (κ2) is 11.8. The Morgan fingerprint density at radius 1 is 0.500 bits per heavy atom. The number of hydrogen-bond acceptors (Lipinski definition) is 2. The lowest BCUT2D eigenvalue weighted by molar-refractivity contribution is 0.593. The van der Waals surface area contributed by atoms with E-state index in [4.69, 9.17) is 0 Å². The highest BCUT2D eigenvalue weighted by atomic mass is 31.2. The Bertz CT molecular complexity index is 3470. The third-order valence-corrected chi connectivity index (χ3v) is 16.1. The van der Waals surface area contributed by atoms with Crippen LogP contribution in [0, 0.1) is 11.3 Å². The van der Waals surface area contributed by atoms with Crippen LogP contribution in [0.1, 0.15) is 30.5 Å². The van der Waals surface area contributed by atoms with E-state index >= 15 is 4.57 Å². The van der Waals surface area contributed by atoms with E-state index in [1.807, 2.05) is 42.5 Å². The average Bonchev–Trinajstić information content (AvgIpc) is 3.82. The van der Waals surface area contributed by atoms with Gasteiger partial charge in [-0.2, -0.15) is 5.26 Å². The van der Waals surface area contributed by atoms with Gasteiger partial charge in [-0.05, 0) is 91.7 Å². The van der Waals surface area contributed by atoms with Crippen LogP contribution in [0.3, 0.4) is 0 Å². The molecule has 1 atom stereocenters. The number of fused-ring (bicyclic) bond motifs is 11. The number of aromatic nitrogens is 1. The molecule has 0 saturated carbocycles. The van der Waals surface area contributed by atoms with E-state index in [0.717, 1.165) is 65.3 Å². The molecular weight excluding hydrogens is 724 g/mol. The van der Waals surface area contributed by atoms with Crippen LogP contribution in [0.5, 0.6) is 0 Å². The molecule has 9 aromatic carbocycles. The molecule has 58 heavy (non-hydrogen) atoms. The molecule has 0 fully saturated rings. The number of rotatable bonds is 3. The fraction of sp³-hybridized carbons (Fsp3) is 0.0556. The van der Waals surface area contributed by atoms with Gasteiger partial charge in [-0.15, -0.1) is 0 Å². The Kier molecular flexibility index (Phi) is 6.74. The monoisotopic (exact) mass is 758 g/mol. The summed E-state index contributed by atoms with van der Waals surface area (Å²) in [5.74, 6) is 0. The molecule has 4 heteroatoms. The van der Waals surface area contributed by atoms with Crippen molar-refractivity contribution in [3.8, 4) is 45.1 Å². The highest BCUT2D eigenvalue weighted by molar-refractivity contribution is 7.86. The van der Waals surface area contributed by atoms with E-state index in [-0.39, 0.29) is 5.41 Å². The van der Waals surface area contributed by atoms with Gasteiger partial charge in [0.25, 0.3) is 0 Å². The number of nitriles is 1. The summed E-state index contributed by atoms with van der Waals surface area (Å²) in [5.41, 5.74) is 13.1. The van der Waals surface area contributed by atoms with Crippen molar-refractivity contribution in [2.45, 2.75) is 19.3 Å². The van der Waals surface area contributed by atoms with Crippen molar-refractivity contribution in [1.29, 1.82) is 5.26 Å². The molecule has 12 rings (SSSR count). The van der Waals surface area contributed by atoms with Crippen molar-refractivity contribution in [1.82, 2.24) is 4.57 Å². The van der Waals surface area contributed by atoms with Crippen LogP contribution in [0.25, 0.3) is 82.4 Å². The predicted molar refractivity (Wildman–Crippen MR) is 242 cm³/mol. The third-order valence-electron chi connectivity index (χ3n) is 13.0. The van der Waals surface area contributed by atoms with E-state index in [9.17, 15) is 5.26 Å². The van der Waals surface area contributed by atoms with Gasteiger partial charge in [0.15, 0.2) is 7.14 Å². The zero-order valence-electron chi connectivity index (χ0n) is 32.0. The van der Waals surface area contributed by atoms with E-state index in [1.165, 1.54) is 44.2 Å². The molecule has 0 radical (unpaired) electrons. The van der Waals surface area contributed by atoms with Crippen molar-refractivity contribution < 1.29 is 4.57 Å². The van der Waals surface area contributed by atoms with Crippen LogP contribution >= 0.6 is 7.14 Å². The van der Waals surface area contributed by atoms with Crippen molar-refractivity contribution in [2.24, 2.45) is 0 Å². The SMILES string of the molecule is CC1(C)c2cc(C#N)ccc2-c2ccc(-c3c4ccccc4c(-n4c5ccccc5c5cc6c(cc54)-c4ccccc4P6(=O)c4ccccc4)c4ccccc34)cc21. The molecule has 1 unspecified atom stereocenters. The fourth-order valence-electron chi connectivity index (χ4n) is 10.4. The summed E-state index contributed by atoms with van der Waals surface area (Å²) in [6.45, 7) is 4.55. The van der Waals surface area contributed by atoms with Gasteiger partial charge in [0, 0.05) is 42.9 Å². The molecule has 1 aliphatic heterocycles. The molecule has 1 aliphatic carbocycles. The first-order valence-corrected chi connectivity index (χ1v) is 21.6. The number of benzene rings is 9. The average molecular weight is 759 g/mol. The molecule has 0 saturated heterocycles. The Morgan fingerprint density at radius 2 is 1.10 bits per heavy atom. The molecule has 10 aromatic rings. The first-order chi connectivity index (χ1) is 28.4. The highest BCUT2D eigenvalue weighted by Gasteiger charge is 2.41. The van der Waals surface area contributed by atoms with Gasteiger partial charge in [0.1, 0.15) is 0 Å². The smallest absolute Gasteiger partial charge is 0.172 e. The zero-order valence-corrected chi connectivity index (χ0v) is 32.9. The third kappa shape index (κ3) is 4.25. The van der Waals surface area contributed by atoms with Crippen LogP contribution in [0.4, 0.5) is 0 Å². The normalized spacial score (nSPS) is 16.0. The molecule has 0 N–H and O–H groups in total. The molecule has 2 aliphatic rings. The molecule has 0 spiro atoms. The number of hydrogen-bond donors (Lipinski definition) is 0. The van der Waals surface area contributed by atoms with Crippen LogP contribution in [0.15, 0.2) is 176 Å². The maximum Gasteiger partial charge on any atom is 0.172 e. The number of nitrogens with zero attached hydrogens (tertiary/aromatic N) is 2. The summed E-state index contributed by atoms with van der Waals surface area (Å²) in [5, 5.41) is 19.3. The lowest BCUT2D eigenvalue weighted by atomic mass is 9.80. The second-order valence-electron chi connectivity index (χ2n) is 16.3. The van der Waals surface area contributed by atoms with Gasteiger partial charge >= 0.3 is 0 Å². The fourth-order valence-corrected chi connectivity index (χ4v) is 13.4. The molecule has 2 heterocycles. The molecule has 0 bridgehead atoms. The summed E-state index contributed by atoms with van der Waals surface area (Å²) in [6.07, 6.45) is 0. The van der Waals surface area contributed by atoms with Gasteiger partial charge in [-0.1, -0.05) is 153 Å². The van der Waals surface area contributed by atoms with Crippen molar-refractivity contribution in [3.63, 3.8) is 0 Å². The van der Waals surface area contributed by atoms with Gasteiger partial charge in [-0.25, -0.2) is 0 Å². The molecule has 0 amide bonds. The first kappa shape index (κ1) is 33.2. The van der Waals surface area contributed by atoms with Gasteiger partial charge < -0.3 is 9.13 Å². The van der Waals surface area contributed by atoms with Crippen LogP contribution in [-0.2, 0) is 9.98 Å². The van der Waals surface area contributed by atoms with E-state index in [2.05, 4.69) is 158 Å². The van der Waals surface area contributed by atoms with Crippen molar-refractivity contribution in [3.05, 3.63) is 193 Å². The first-order valence-electron chi connectivity index (χ1n) is 19.8. The summed E-state index contributed by atoms with van der Waals surface area (Å²) < 4.78 is 18.1. The topological polar surface area (TPSA) is 45.8 Å². The zero-order chi connectivity index (χ0) is 38.9. The molecule has 1 aromatic heterocycles. The molecule has 3 nitrogen and oxygen atoms in total. The summed E-state index contributed by atoms with van der Waals surface area (Å²) in [4.78, 5) is 0. The van der Waals surface area contributed by atoms with E-state index in [0.29, 0.717) is 5.56 Å². The number of para-hydroxylation sites is 1. The van der Waals surface area contributed by atoms with Gasteiger partial charge in [0.2, 0.25) is 0 Å². The maximum absolute atomic E-state index is 15.6. The minimum absolute atomic E-state index is 0.259. The van der Waals surface area contributed by atoms with Crippen molar-refractivity contribution in [2.75, 3.05) is 0 Å². The van der Waals surface area contributed by atoms with Crippen LogP contribution in [0.2, 0.25) is 0 Å². The lowest BCUT2D eigenvalue weighted by Gasteiger charge is -2.23. The van der Waals surface area contributed by atoms with Crippen LogP contribution in [-0.4, -0.2) is 4.57 Å². The largest absolute Gasteiger partial charge is 0.309 e. The van der Waals surface area contributed by atoms with E-state index < -0.39 is 7.14 Å².